The van der Waals surface area contributed by atoms with Crippen LogP contribution in [0.2, 0.25) is 0 Å². The molecule has 0 aromatic heterocycles. The molecule has 2 saturated carbocycles. The van der Waals surface area contributed by atoms with Gasteiger partial charge in [0, 0.05) is 0 Å². The summed E-state index contributed by atoms with van der Waals surface area (Å²) in [5.41, 5.74) is 0.771. The summed E-state index contributed by atoms with van der Waals surface area (Å²) in [6.07, 6.45) is 22.0. The Kier molecular flexibility index (Phi) is 135. The molecule has 3 aromatic carbocycles. The van der Waals surface area contributed by atoms with Crippen molar-refractivity contribution >= 4 is 31.2 Å². The van der Waals surface area contributed by atoms with Gasteiger partial charge in [0.15, 0.2) is 0 Å². The van der Waals surface area contributed by atoms with E-state index >= 15 is 0 Å². The SMILES string of the molecule is C=C[C-]=N.C=C[C-]=O.N=Cc1[c-]cc[c-]c1.[CH2-]C1CCC([C-]=N)CC1.[CH2-]C1CCC([C-]=O)CC1.[CH2-]C[CH2-].[CH2-]C[CH2-].[U+2].[U+2].[U+2].[U+2].[U+2].[U+2].[U+2].[U+2].[c-]1cc[c-]cc1.[c-]1cc[c-]cc1. The van der Waals surface area contributed by atoms with Crippen LogP contribution in [0.5, 0.6) is 0 Å². The fourth-order valence-corrected chi connectivity index (χ4v) is 3.64. The van der Waals surface area contributed by atoms with Crippen LogP contribution in [0.4, 0.5) is 0 Å². The molecule has 0 bridgehead atoms. The first-order chi connectivity index (χ1) is 25.2. The van der Waals surface area contributed by atoms with Crippen molar-refractivity contribution in [2.45, 2.75) is 64.2 Å². The van der Waals surface area contributed by atoms with Gasteiger partial charge in [-0.2, -0.15) is 24.0 Å². The summed E-state index contributed by atoms with van der Waals surface area (Å²) in [6, 6.07) is 36.9. The number of nitrogens with one attached hydrogen (secondary N) is 3. The van der Waals surface area contributed by atoms with Gasteiger partial charge >= 0.3 is 249 Å². The Morgan fingerprint density at radius 3 is 1.02 bits per heavy atom. The molecule has 0 heterocycles. The van der Waals surface area contributed by atoms with Crippen molar-refractivity contribution in [3.8, 4) is 0 Å². The van der Waals surface area contributed by atoms with Crippen molar-refractivity contribution in [2.75, 3.05) is 0 Å². The topological polar surface area (TPSA) is 106 Å². The van der Waals surface area contributed by atoms with Crippen LogP contribution in [0.1, 0.15) is 69.8 Å². The Balaban J connectivity index is -0.0000000435. The molecule has 2 fully saturated rings. The van der Waals surface area contributed by atoms with E-state index in [-0.39, 0.29) is 255 Å². The van der Waals surface area contributed by atoms with Gasteiger partial charge in [0.05, 0.1) is 0 Å². The molecule has 0 aliphatic heterocycles. The summed E-state index contributed by atoms with van der Waals surface area (Å²) in [6.45, 7) is 27.6. The van der Waals surface area contributed by atoms with Gasteiger partial charge in [-0.05, 0) is 6.29 Å². The molecule has 0 spiro atoms. The molecular weight excluding hydrogens is 2540 g/mol. The molecule has 5 rings (SSSR count). The van der Waals surface area contributed by atoms with Crippen molar-refractivity contribution < 1.29 is 258 Å². The fraction of sp³-hybridized carbons (Fsp3) is 0.298. The van der Waals surface area contributed by atoms with Gasteiger partial charge in [-0.3, -0.25) is 85.1 Å². The molecule has 0 atom stereocenters. The maximum absolute atomic E-state index is 10.1. The molecule has 3 aromatic rings. The van der Waals surface area contributed by atoms with Gasteiger partial charge in [-0.25, -0.2) is 30.9 Å². The van der Waals surface area contributed by atoms with Gasteiger partial charge < -0.3 is 111 Å². The van der Waals surface area contributed by atoms with Crippen LogP contribution < -0.4 is 0 Å². The monoisotopic (exact) mass is 2600 g/mol. The zero-order chi connectivity index (χ0) is 39.9. The van der Waals surface area contributed by atoms with Crippen LogP contribution in [0.3, 0.4) is 0 Å². The van der Waals surface area contributed by atoms with Crippen LogP contribution in [-0.4, -0.2) is 31.2 Å². The Morgan fingerprint density at radius 1 is 0.567 bits per heavy atom. The Hall–Kier alpha value is 3.91. The smallest absolute Gasteiger partial charge is 0.542 e. The Bertz CT molecular complexity index is 1030. The fourth-order valence-electron chi connectivity index (χ4n) is 3.64. The summed E-state index contributed by atoms with van der Waals surface area (Å²) in [7, 11) is 0. The molecular formula is C47H57N3O2U8. The largest absolute Gasteiger partial charge is 2.00 e. The zero-order valence-electron chi connectivity index (χ0n) is 34.9. The van der Waals surface area contributed by atoms with Crippen molar-refractivity contribution in [3.63, 3.8) is 0 Å². The first-order valence-electron chi connectivity index (χ1n) is 16.9. The van der Waals surface area contributed by atoms with Crippen molar-refractivity contribution in [1.82, 2.24) is 0 Å². The second kappa shape index (κ2) is 86.1. The normalized spacial score (nSPS) is 14.8. The minimum Gasteiger partial charge on any atom is -0.542 e. The summed E-state index contributed by atoms with van der Waals surface area (Å²) in [5.74, 6) is 1.91. The van der Waals surface area contributed by atoms with Crippen LogP contribution in [0, 0.1) is 367 Å². The molecule has 0 saturated heterocycles. The van der Waals surface area contributed by atoms with Gasteiger partial charge in [-0.1, -0.05) is 51.4 Å². The van der Waals surface area contributed by atoms with Gasteiger partial charge in [0.2, 0.25) is 0 Å². The standard InChI is InChI=1S/C8H13N.C8H12O.C7H5N.2C6H4.C3H4N.C3H3O.2C3H6.8U/c2*1-7-2-4-8(6-9)5-3-7;8-6-7-4-2-1-3-5-7;2*1-2-4-6-5-3-1;2*1-2-3-4;2*1-3-2;;;;;;;;/h7-9H,1-5H2;7-8H,1-5H2;1-2,5-6,8H;2*1-2,5-6H;2,4H,1H2;2H,1H2;2*1-3H2;;;;;;;;/q5*-2;2*-1;2*-2;8*+2. The summed E-state index contributed by atoms with van der Waals surface area (Å²) < 4.78 is 0. The first kappa shape index (κ1) is 93.9. The third kappa shape index (κ3) is 85.2. The number of hydrogen-bond donors (Lipinski definition) is 3. The quantitative estimate of drug-likeness (QED) is 0.135. The number of allylic oxidation sites excluding steroid dienone is 2. The number of carbonyl (C=O) groups excluding carboxylic acids is 2. The number of hydrogen-bond acceptors (Lipinski definition) is 5. The van der Waals surface area contributed by atoms with Gasteiger partial charge in [-0.15, -0.1) is 12.1 Å². The maximum atomic E-state index is 10.1. The average molecular weight is 2600 g/mol. The molecule has 0 radical (unpaired) electrons. The van der Waals surface area contributed by atoms with E-state index in [1.54, 1.807) is 18.2 Å². The Labute approximate surface area is 558 Å². The van der Waals surface area contributed by atoms with E-state index in [9.17, 15) is 4.79 Å². The van der Waals surface area contributed by atoms with Crippen LogP contribution >= 0.6 is 0 Å². The molecule has 5 nitrogen and oxygen atoms in total. The molecule has 2 aliphatic rings. The van der Waals surface area contributed by atoms with Crippen molar-refractivity contribution in [1.29, 1.82) is 16.2 Å². The van der Waals surface area contributed by atoms with E-state index in [0.717, 1.165) is 63.0 Å². The van der Waals surface area contributed by atoms with E-state index in [1.807, 2.05) is 61.0 Å². The van der Waals surface area contributed by atoms with Gasteiger partial charge in [0.25, 0.3) is 0 Å². The minimum absolute atomic E-state index is 0. The van der Waals surface area contributed by atoms with Crippen LogP contribution in [0.25, 0.3) is 0 Å². The van der Waals surface area contributed by atoms with Gasteiger partial charge in [0.1, 0.15) is 0 Å². The first-order valence-corrected chi connectivity index (χ1v) is 16.9. The predicted octanol–water partition coefficient (Wildman–Crippen LogP) is 10.8. The predicted molar refractivity (Wildman–Crippen MR) is 220 cm³/mol. The molecule has 60 heavy (non-hydrogen) atoms. The molecule has 0 amide bonds. The third-order valence-corrected chi connectivity index (χ3v) is 6.18. The van der Waals surface area contributed by atoms with E-state index in [4.69, 9.17) is 21.0 Å². The molecule has 0 unspecified atom stereocenters. The van der Waals surface area contributed by atoms with Crippen molar-refractivity contribution in [2.24, 2.45) is 23.7 Å². The third-order valence-electron chi connectivity index (χ3n) is 6.18. The molecule has 13 heteroatoms. The number of rotatable bonds is 5. The molecule has 3 N–H and O–H groups in total. The summed E-state index contributed by atoms with van der Waals surface area (Å²) in [4.78, 5) is 19.1. The van der Waals surface area contributed by atoms with Crippen LogP contribution in [-0.2, 0) is 9.59 Å². The molecule has 2 aliphatic carbocycles. The summed E-state index contributed by atoms with van der Waals surface area (Å²) >= 11 is 0. The van der Waals surface area contributed by atoms with E-state index in [1.165, 1.54) is 31.4 Å². The van der Waals surface area contributed by atoms with E-state index < -0.39 is 0 Å². The number of benzene rings is 3. The second-order valence-corrected chi connectivity index (χ2v) is 10.5. The van der Waals surface area contributed by atoms with Crippen LogP contribution in [0.15, 0.2) is 92.0 Å². The summed E-state index contributed by atoms with van der Waals surface area (Å²) in [5, 5.41) is 19.7. The van der Waals surface area contributed by atoms with Crippen molar-refractivity contribution in [3.05, 3.63) is 176 Å². The van der Waals surface area contributed by atoms with E-state index in [2.05, 4.69) is 97.3 Å². The Morgan fingerprint density at radius 2 is 0.850 bits per heavy atom. The maximum Gasteiger partial charge on any atom is 2.00 e. The van der Waals surface area contributed by atoms with E-state index in [0.29, 0.717) is 17.8 Å². The molecule has 304 valence electrons. The average Bonchev–Trinajstić information content (AvgIpc) is 3.22. The minimum atomic E-state index is 0. The zero-order valence-corrected chi connectivity index (χ0v) is 68.2. The second-order valence-electron chi connectivity index (χ2n) is 10.5.